The zero-order valence-corrected chi connectivity index (χ0v) is 14.1. The molecule has 1 saturated heterocycles. The molecule has 1 aliphatic heterocycles. The zero-order valence-electron chi connectivity index (χ0n) is 14.1. The minimum absolute atomic E-state index is 0.0761. The van der Waals surface area contributed by atoms with Gasteiger partial charge in [-0.3, -0.25) is 4.79 Å². The van der Waals surface area contributed by atoms with Gasteiger partial charge in [0.05, 0.1) is 6.42 Å². The smallest absolute Gasteiger partial charge is 0.228 e. The number of rotatable bonds is 5. The van der Waals surface area contributed by atoms with E-state index in [1.165, 1.54) is 0 Å². The lowest BCUT2D eigenvalue weighted by Gasteiger charge is -2.24. The third-order valence-corrected chi connectivity index (χ3v) is 4.28. The summed E-state index contributed by atoms with van der Waals surface area (Å²) in [6.07, 6.45) is 7.78. The van der Waals surface area contributed by atoms with Crippen molar-refractivity contribution in [3.8, 4) is 12.3 Å². The average molecular weight is 334 g/mol. The fourth-order valence-electron chi connectivity index (χ4n) is 2.92. The number of carbonyl (C=O) groups is 1. The summed E-state index contributed by atoms with van der Waals surface area (Å²) in [6.45, 7) is 1.62. The number of benzene rings is 2. The molecule has 0 unspecified atom stereocenters. The summed E-state index contributed by atoms with van der Waals surface area (Å²) in [6, 6.07) is 15.7. The number of nitrogens with one attached hydrogen (secondary N) is 2. The van der Waals surface area contributed by atoms with E-state index in [-0.39, 0.29) is 12.3 Å². The molecular formula is C21H22N2O2. The standard InChI is InChI=1S/C21H22N2O2/c1-2-16-5-3-4-6-17(16)15-21(24)23-19-9-7-18(8-10-19)22-20-11-13-25-14-12-20/h1,3-10,20,22H,11-15H2,(H,23,24). The zero-order chi connectivity index (χ0) is 17.5. The maximum absolute atomic E-state index is 12.2. The third-order valence-electron chi connectivity index (χ3n) is 4.28. The summed E-state index contributed by atoms with van der Waals surface area (Å²) in [4.78, 5) is 12.2. The first-order chi connectivity index (χ1) is 12.2. The van der Waals surface area contributed by atoms with Crippen LogP contribution in [0.25, 0.3) is 0 Å². The van der Waals surface area contributed by atoms with Crippen LogP contribution >= 0.6 is 0 Å². The molecule has 2 aromatic rings. The Morgan fingerprint density at radius 3 is 2.48 bits per heavy atom. The molecule has 1 aliphatic rings. The number of anilines is 2. The van der Waals surface area contributed by atoms with Crippen LogP contribution in [0.2, 0.25) is 0 Å². The van der Waals surface area contributed by atoms with Crippen molar-refractivity contribution < 1.29 is 9.53 Å². The predicted molar refractivity (Wildman–Crippen MR) is 101 cm³/mol. The van der Waals surface area contributed by atoms with Gasteiger partial charge in [-0.15, -0.1) is 6.42 Å². The van der Waals surface area contributed by atoms with E-state index in [1.54, 1.807) is 0 Å². The number of amides is 1. The Balaban J connectivity index is 1.55. The van der Waals surface area contributed by atoms with Gasteiger partial charge >= 0.3 is 0 Å². The lowest BCUT2D eigenvalue weighted by atomic mass is 10.0. The van der Waals surface area contributed by atoms with Crippen molar-refractivity contribution in [1.29, 1.82) is 0 Å². The third kappa shape index (κ3) is 4.85. The van der Waals surface area contributed by atoms with Crippen LogP contribution in [-0.4, -0.2) is 25.2 Å². The van der Waals surface area contributed by atoms with E-state index in [0.717, 1.165) is 48.6 Å². The van der Waals surface area contributed by atoms with E-state index in [1.807, 2.05) is 48.5 Å². The highest BCUT2D eigenvalue weighted by molar-refractivity contribution is 5.92. The SMILES string of the molecule is C#Cc1ccccc1CC(=O)Nc1ccc(NC2CCOCC2)cc1. The quantitative estimate of drug-likeness (QED) is 0.824. The Kier molecular flexibility index (Phi) is 5.71. The van der Waals surface area contributed by atoms with Gasteiger partial charge in [-0.25, -0.2) is 0 Å². The van der Waals surface area contributed by atoms with E-state index in [2.05, 4.69) is 16.6 Å². The van der Waals surface area contributed by atoms with Crippen molar-refractivity contribution in [2.75, 3.05) is 23.8 Å². The largest absolute Gasteiger partial charge is 0.382 e. The Morgan fingerprint density at radius 2 is 1.76 bits per heavy atom. The molecule has 0 aromatic heterocycles. The minimum Gasteiger partial charge on any atom is -0.382 e. The topological polar surface area (TPSA) is 50.4 Å². The average Bonchev–Trinajstić information content (AvgIpc) is 2.64. The highest BCUT2D eigenvalue weighted by Gasteiger charge is 2.13. The molecule has 1 fully saturated rings. The molecule has 0 bridgehead atoms. The van der Waals surface area contributed by atoms with Gasteiger partial charge < -0.3 is 15.4 Å². The van der Waals surface area contributed by atoms with Crippen molar-refractivity contribution in [2.24, 2.45) is 0 Å². The highest BCUT2D eigenvalue weighted by atomic mass is 16.5. The molecule has 2 N–H and O–H groups in total. The summed E-state index contributed by atoms with van der Waals surface area (Å²) < 4.78 is 5.37. The molecule has 128 valence electrons. The maximum Gasteiger partial charge on any atom is 0.228 e. The van der Waals surface area contributed by atoms with Crippen LogP contribution < -0.4 is 10.6 Å². The lowest BCUT2D eigenvalue weighted by molar-refractivity contribution is -0.115. The van der Waals surface area contributed by atoms with E-state index in [0.29, 0.717) is 6.04 Å². The van der Waals surface area contributed by atoms with E-state index >= 15 is 0 Å². The second-order valence-corrected chi connectivity index (χ2v) is 6.13. The first-order valence-corrected chi connectivity index (χ1v) is 8.53. The van der Waals surface area contributed by atoms with Gasteiger partial charge in [0.25, 0.3) is 0 Å². The maximum atomic E-state index is 12.2. The highest BCUT2D eigenvalue weighted by Crippen LogP contribution is 2.18. The van der Waals surface area contributed by atoms with Crippen LogP contribution in [0.15, 0.2) is 48.5 Å². The van der Waals surface area contributed by atoms with Crippen LogP contribution in [0, 0.1) is 12.3 Å². The predicted octanol–water partition coefficient (Wildman–Crippen LogP) is 3.44. The van der Waals surface area contributed by atoms with E-state index in [9.17, 15) is 4.79 Å². The van der Waals surface area contributed by atoms with Gasteiger partial charge in [0, 0.05) is 36.2 Å². The summed E-state index contributed by atoms with van der Waals surface area (Å²) in [5, 5.41) is 6.42. The van der Waals surface area contributed by atoms with Crippen molar-refractivity contribution in [3.05, 3.63) is 59.7 Å². The second kappa shape index (κ2) is 8.36. The number of hydrogen-bond donors (Lipinski definition) is 2. The van der Waals surface area contributed by atoms with Gasteiger partial charge in [0.2, 0.25) is 5.91 Å². The van der Waals surface area contributed by atoms with Gasteiger partial charge in [0.1, 0.15) is 0 Å². The monoisotopic (exact) mass is 334 g/mol. The minimum atomic E-state index is -0.0761. The molecule has 4 heteroatoms. The van der Waals surface area contributed by atoms with Gasteiger partial charge in [-0.05, 0) is 48.7 Å². The van der Waals surface area contributed by atoms with Gasteiger partial charge in [-0.1, -0.05) is 24.1 Å². The summed E-state index contributed by atoms with van der Waals surface area (Å²) >= 11 is 0. The number of hydrogen-bond acceptors (Lipinski definition) is 3. The molecule has 2 aromatic carbocycles. The summed E-state index contributed by atoms with van der Waals surface area (Å²) in [5.41, 5.74) is 3.46. The number of terminal acetylenes is 1. The molecule has 4 nitrogen and oxygen atoms in total. The number of carbonyl (C=O) groups excluding carboxylic acids is 1. The van der Waals surface area contributed by atoms with Crippen LogP contribution in [-0.2, 0) is 16.0 Å². The Labute approximate surface area is 148 Å². The van der Waals surface area contributed by atoms with Crippen LogP contribution in [0.1, 0.15) is 24.0 Å². The molecule has 0 saturated carbocycles. The molecule has 3 rings (SSSR count). The molecule has 0 aliphatic carbocycles. The van der Waals surface area contributed by atoms with E-state index in [4.69, 9.17) is 11.2 Å². The fourth-order valence-corrected chi connectivity index (χ4v) is 2.92. The second-order valence-electron chi connectivity index (χ2n) is 6.13. The first kappa shape index (κ1) is 17.1. The Morgan fingerprint density at radius 1 is 1.08 bits per heavy atom. The van der Waals surface area contributed by atoms with Crippen molar-refractivity contribution >= 4 is 17.3 Å². The summed E-state index contributed by atoms with van der Waals surface area (Å²) in [5.74, 6) is 2.54. The lowest BCUT2D eigenvalue weighted by Crippen LogP contribution is -2.27. The van der Waals surface area contributed by atoms with Crippen LogP contribution in [0.5, 0.6) is 0 Å². The van der Waals surface area contributed by atoms with Crippen molar-refractivity contribution in [1.82, 2.24) is 0 Å². The summed E-state index contributed by atoms with van der Waals surface area (Å²) in [7, 11) is 0. The van der Waals surface area contributed by atoms with Crippen molar-refractivity contribution in [3.63, 3.8) is 0 Å². The number of ether oxygens (including phenoxy) is 1. The van der Waals surface area contributed by atoms with Crippen molar-refractivity contribution in [2.45, 2.75) is 25.3 Å². The Hall–Kier alpha value is -2.77. The molecule has 25 heavy (non-hydrogen) atoms. The molecular weight excluding hydrogens is 312 g/mol. The normalized spacial score (nSPS) is 14.5. The molecule has 1 amide bonds. The van der Waals surface area contributed by atoms with Gasteiger partial charge in [-0.2, -0.15) is 0 Å². The Bertz CT molecular complexity index is 756. The molecule has 0 atom stereocenters. The van der Waals surface area contributed by atoms with E-state index < -0.39 is 0 Å². The first-order valence-electron chi connectivity index (χ1n) is 8.53. The molecule has 1 heterocycles. The van der Waals surface area contributed by atoms with Crippen LogP contribution in [0.4, 0.5) is 11.4 Å². The fraction of sp³-hybridized carbons (Fsp3) is 0.286. The van der Waals surface area contributed by atoms with Crippen LogP contribution in [0.3, 0.4) is 0 Å². The molecule has 0 spiro atoms. The molecule has 0 radical (unpaired) electrons. The van der Waals surface area contributed by atoms with Gasteiger partial charge in [0.15, 0.2) is 0 Å².